The first kappa shape index (κ1) is 33.1. The van der Waals surface area contributed by atoms with E-state index in [1.807, 2.05) is 42.5 Å². The maximum Gasteiger partial charge on any atom is 0.270 e. The Kier molecular flexibility index (Phi) is 10.7. The van der Waals surface area contributed by atoms with E-state index in [2.05, 4.69) is 34.9 Å². The van der Waals surface area contributed by atoms with Crippen LogP contribution in [0.25, 0.3) is 6.08 Å². The third-order valence-electron chi connectivity index (χ3n) is 8.50. The second kappa shape index (κ2) is 14.9. The largest absolute Gasteiger partial charge is 0.493 e. The Morgan fingerprint density at radius 3 is 2.33 bits per heavy atom. The quantitative estimate of drug-likeness (QED) is 0.193. The summed E-state index contributed by atoms with van der Waals surface area (Å²) in [5.41, 5.74) is 3.28. The number of hydrogen-bond donors (Lipinski definition) is 0. The predicted molar refractivity (Wildman–Crippen MR) is 189 cm³/mol. The summed E-state index contributed by atoms with van der Waals surface area (Å²) in [6, 6.07) is 18.2. The molecule has 2 fully saturated rings. The van der Waals surface area contributed by atoms with Gasteiger partial charge in [0.2, 0.25) is 0 Å². The molecule has 11 heteroatoms. The maximum atomic E-state index is 13.8. The number of para-hydroxylation sites is 1. The van der Waals surface area contributed by atoms with Crippen LogP contribution in [0.3, 0.4) is 0 Å². The molecule has 2 aliphatic rings. The van der Waals surface area contributed by atoms with Gasteiger partial charge in [-0.15, -0.1) is 0 Å². The van der Waals surface area contributed by atoms with E-state index in [1.54, 1.807) is 30.6 Å². The van der Waals surface area contributed by atoms with E-state index >= 15 is 0 Å². The van der Waals surface area contributed by atoms with Crippen LogP contribution in [-0.4, -0.2) is 66.6 Å². The van der Waals surface area contributed by atoms with E-state index in [0.29, 0.717) is 58.9 Å². The van der Waals surface area contributed by atoms with E-state index in [9.17, 15) is 14.9 Å². The monoisotopic (exact) mass is 657 g/mol. The van der Waals surface area contributed by atoms with Gasteiger partial charge in [-0.1, -0.05) is 61.6 Å². The van der Waals surface area contributed by atoms with Gasteiger partial charge in [0.15, 0.2) is 11.5 Å². The van der Waals surface area contributed by atoms with Crippen LogP contribution in [0.4, 0.5) is 11.5 Å². The minimum absolute atomic E-state index is 0.109. The van der Waals surface area contributed by atoms with Crippen molar-refractivity contribution in [2.24, 2.45) is 0 Å². The zero-order valence-electron chi connectivity index (χ0n) is 26.7. The molecule has 0 atom stereocenters. The number of unbranched alkanes of at least 4 members (excludes halogenated alkanes) is 1. The zero-order chi connectivity index (χ0) is 32.8. The third kappa shape index (κ3) is 6.78. The molecule has 2 aromatic carbocycles. The normalized spacial score (nSPS) is 15.9. The Morgan fingerprint density at radius 1 is 0.978 bits per heavy atom. The summed E-state index contributed by atoms with van der Waals surface area (Å²) in [7, 11) is 3.19. The van der Waals surface area contributed by atoms with Crippen molar-refractivity contribution in [2.45, 2.75) is 39.7 Å². The SMILES string of the molecule is CCCCn1c(N2CCN(c3ccccc3)CC2)c(C=C2SC(=S)N(CCc3ccc(OC)c(OC)c3)C2=O)c(C)c(C#N)c1=O. The number of ether oxygens (including phenoxy) is 2. The molecular weight excluding hydrogens is 619 g/mol. The molecule has 5 rings (SSSR count). The lowest BCUT2D eigenvalue weighted by Crippen LogP contribution is -2.48. The van der Waals surface area contributed by atoms with Crippen LogP contribution < -0.4 is 24.8 Å². The number of carbonyl (C=O) groups excluding carboxylic acids is 1. The van der Waals surface area contributed by atoms with Crippen molar-refractivity contribution in [1.29, 1.82) is 5.26 Å². The number of amides is 1. The number of benzene rings is 2. The van der Waals surface area contributed by atoms with Gasteiger partial charge in [0.1, 0.15) is 21.8 Å². The number of rotatable bonds is 11. The standard InChI is InChI=1S/C35H39N5O4S2/c1-5-6-15-39-32(38-19-17-37(18-20-38)26-10-8-7-9-11-26)27(24(2)28(23-36)33(39)41)22-31-34(42)40(35(45)46-31)16-14-25-12-13-29(43-3)30(21-25)44-4/h7-13,21-22H,5-6,14-20H2,1-4H3. The average Bonchev–Trinajstić information content (AvgIpc) is 3.35. The second-order valence-electron chi connectivity index (χ2n) is 11.2. The fourth-order valence-electron chi connectivity index (χ4n) is 5.92. The van der Waals surface area contributed by atoms with Crippen LogP contribution in [0, 0.1) is 18.3 Å². The van der Waals surface area contributed by atoms with Crippen LogP contribution in [0.1, 0.15) is 42.0 Å². The van der Waals surface area contributed by atoms with Crippen LogP contribution in [0.2, 0.25) is 0 Å². The minimum atomic E-state index is -0.284. The minimum Gasteiger partial charge on any atom is -0.493 e. The van der Waals surface area contributed by atoms with Gasteiger partial charge in [0.25, 0.3) is 11.5 Å². The lowest BCUT2D eigenvalue weighted by atomic mass is 10.0. The highest BCUT2D eigenvalue weighted by Crippen LogP contribution is 2.37. The topological polar surface area (TPSA) is 91.0 Å². The smallest absolute Gasteiger partial charge is 0.270 e. The summed E-state index contributed by atoms with van der Waals surface area (Å²) in [4.78, 5) is 34.2. The number of methoxy groups -OCH3 is 2. The van der Waals surface area contributed by atoms with Crippen molar-refractivity contribution in [3.8, 4) is 17.6 Å². The summed E-state index contributed by atoms with van der Waals surface area (Å²) in [5, 5.41) is 10.1. The summed E-state index contributed by atoms with van der Waals surface area (Å²) in [5.74, 6) is 1.85. The first-order valence-electron chi connectivity index (χ1n) is 15.5. The molecule has 9 nitrogen and oxygen atoms in total. The van der Waals surface area contributed by atoms with E-state index in [1.165, 1.54) is 17.4 Å². The van der Waals surface area contributed by atoms with Gasteiger partial charge in [0, 0.05) is 50.5 Å². The van der Waals surface area contributed by atoms with Crippen molar-refractivity contribution < 1.29 is 14.3 Å². The summed E-state index contributed by atoms with van der Waals surface area (Å²) < 4.78 is 13.0. The molecule has 0 radical (unpaired) electrons. The van der Waals surface area contributed by atoms with Gasteiger partial charge >= 0.3 is 0 Å². The van der Waals surface area contributed by atoms with Crippen molar-refractivity contribution in [1.82, 2.24) is 9.47 Å². The van der Waals surface area contributed by atoms with Crippen LogP contribution in [0.5, 0.6) is 11.5 Å². The van der Waals surface area contributed by atoms with Crippen LogP contribution in [-0.2, 0) is 17.8 Å². The molecule has 0 spiro atoms. The highest BCUT2D eigenvalue weighted by Gasteiger charge is 2.33. The Morgan fingerprint density at radius 2 is 1.67 bits per heavy atom. The van der Waals surface area contributed by atoms with E-state index in [-0.39, 0.29) is 17.0 Å². The van der Waals surface area contributed by atoms with Crippen molar-refractivity contribution in [3.63, 3.8) is 0 Å². The number of thiocarbonyl (C=S) groups is 1. The van der Waals surface area contributed by atoms with Gasteiger partial charge in [-0.05, 0) is 61.2 Å². The number of piperazine rings is 1. The number of anilines is 2. The average molecular weight is 658 g/mol. The predicted octanol–water partition coefficient (Wildman–Crippen LogP) is 5.62. The Bertz CT molecular complexity index is 1740. The molecule has 0 N–H and O–H groups in total. The highest BCUT2D eigenvalue weighted by molar-refractivity contribution is 8.26. The van der Waals surface area contributed by atoms with E-state index in [4.69, 9.17) is 21.7 Å². The molecule has 0 bridgehead atoms. The Hall–Kier alpha value is -4.27. The number of hydrogen-bond acceptors (Lipinski definition) is 9. The Labute approximate surface area is 280 Å². The molecule has 3 aromatic rings. The van der Waals surface area contributed by atoms with Crippen molar-refractivity contribution >= 4 is 51.8 Å². The van der Waals surface area contributed by atoms with Gasteiger partial charge in [-0.25, -0.2) is 0 Å². The summed E-state index contributed by atoms with van der Waals surface area (Å²) in [6.45, 7) is 7.73. The van der Waals surface area contributed by atoms with Crippen molar-refractivity contribution in [2.75, 3.05) is 56.7 Å². The van der Waals surface area contributed by atoms with Crippen LogP contribution in [0.15, 0.2) is 58.2 Å². The second-order valence-corrected chi connectivity index (χ2v) is 12.9. The Balaban J connectivity index is 1.47. The van der Waals surface area contributed by atoms with E-state index in [0.717, 1.165) is 42.9 Å². The van der Waals surface area contributed by atoms with Gasteiger partial charge in [-0.3, -0.25) is 19.1 Å². The molecule has 0 aliphatic carbocycles. The number of thioether (sulfide) groups is 1. The number of aromatic nitrogens is 1. The lowest BCUT2D eigenvalue weighted by Gasteiger charge is -2.39. The fraction of sp³-hybridized carbons (Fsp3) is 0.371. The van der Waals surface area contributed by atoms with Gasteiger partial charge < -0.3 is 19.3 Å². The molecule has 1 amide bonds. The maximum absolute atomic E-state index is 13.8. The molecule has 0 saturated carbocycles. The molecule has 3 heterocycles. The zero-order valence-corrected chi connectivity index (χ0v) is 28.4. The summed E-state index contributed by atoms with van der Waals surface area (Å²) in [6.07, 6.45) is 4.11. The molecule has 0 unspecified atom stereocenters. The number of nitriles is 1. The van der Waals surface area contributed by atoms with Crippen molar-refractivity contribution in [3.05, 3.63) is 86.0 Å². The number of carbonyl (C=O) groups is 1. The number of nitrogens with zero attached hydrogens (tertiary/aromatic N) is 5. The van der Waals surface area contributed by atoms with Gasteiger partial charge in [-0.2, -0.15) is 5.26 Å². The first-order chi connectivity index (χ1) is 22.3. The molecular formula is C35H39N5O4S2. The highest BCUT2D eigenvalue weighted by atomic mass is 32.2. The fourth-order valence-corrected chi connectivity index (χ4v) is 7.22. The molecule has 2 aliphatic heterocycles. The summed E-state index contributed by atoms with van der Waals surface area (Å²) >= 11 is 6.93. The number of pyridine rings is 1. The molecule has 1 aromatic heterocycles. The molecule has 2 saturated heterocycles. The van der Waals surface area contributed by atoms with Crippen LogP contribution >= 0.6 is 24.0 Å². The lowest BCUT2D eigenvalue weighted by molar-refractivity contribution is -0.122. The molecule has 46 heavy (non-hydrogen) atoms. The molecule has 240 valence electrons. The van der Waals surface area contributed by atoms with E-state index < -0.39 is 0 Å². The first-order valence-corrected chi connectivity index (χ1v) is 16.7. The van der Waals surface area contributed by atoms with Gasteiger partial charge in [0.05, 0.1) is 19.1 Å². The third-order valence-corrected chi connectivity index (χ3v) is 9.88.